The Labute approximate surface area is 98.8 Å². The summed E-state index contributed by atoms with van der Waals surface area (Å²) in [5.74, 6) is 0.611. The van der Waals surface area contributed by atoms with Crippen LogP contribution >= 0.6 is 27.5 Å². The molecule has 1 atom stereocenters. The lowest BCUT2D eigenvalue weighted by Gasteiger charge is -2.14. The summed E-state index contributed by atoms with van der Waals surface area (Å²) in [6.07, 6.45) is 0.994. The molecule has 1 aromatic carbocycles. The Bertz CT molecular complexity index is 312. The van der Waals surface area contributed by atoms with Crippen LogP contribution in [0.5, 0.6) is 0 Å². The van der Waals surface area contributed by atoms with Crippen molar-refractivity contribution in [3.05, 3.63) is 33.3 Å². The van der Waals surface area contributed by atoms with Crippen molar-refractivity contribution in [2.75, 3.05) is 0 Å². The lowest BCUT2D eigenvalue weighted by atomic mass is 9.98. The van der Waals surface area contributed by atoms with E-state index in [4.69, 9.17) is 17.3 Å². The van der Waals surface area contributed by atoms with E-state index in [2.05, 4.69) is 29.8 Å². The van der Waals surface area contributed by atoms with Gasteiger partial charge < -0.3 is 5.73 Å². The number of hydrogen-bond acceptors (Lipinski definition) is 1. The normalized spacial score (nSPS) is 13.3. The van der Waals surface area contributed by atoms with Crippen molar-refractivity contribution in [3.63, 3.8) is 0 Å². The van der Waals surface area contributed by atoms with Gasteiger partial charge in [0.05, 0.1) is 5.02 Å². The highest BCUT2D eigenvalue weighted by Crippen LogP contribution is 2.27. The lowest BCUT2D eigenvalue weighted by Crippen LogP contribution is -2.12. The average Bonchev–Trinajstić information content (AvgIpc) is 2.08. The van der Waals surface area contributed by atoms with Gasteiger partial charge in [0.25, 0.3) is 0 Å². The quantitative estimate of drug-likeness (QED) is 0.882. The lowest BCUT2D eigenvalue weighted by molar-refractivity contribution is 0.510. The molecular formula is C11H15BrClN. The van der Waals surface area contributed by atoms with E-state index >= 15 is 0 Å². The smallest absolute Gasteiger partial charge is 0.0548 e. The van der Waals surface area contributed by atoms with E-state index in [0.717, 1.165) is 21.5 Å². The molecule has 0 saturated carbocycles. The molecule has 0 saturated heterocycles. The van der Waals surface area contributed by atoms with Crippen LogP contribution in [0.25, 0.3) is 0 Å². The largest absolute Gasteiger partial charge is 0.324 e. The number of halogens is 2. The molecule has 0 spiro atoms. The molecule has 0 fully saturated rings. The third kappa shape index (κ3) is 3.26. The van der Waals surface area contributed by atoms with Crippen LogP contribution in [0.15, 0.2) is 22.7 Å². The summed E-state index contributed by atoms with van der Waals surface area (Å²) >= 11 is 9.30. The molecule has 2 N–H and O–H groups in total. The van der Waals surface area contributed by atoms with Gasteiger partial charge in [0.2, 0.25) is 0 Å². The van der Waals surface area contributed by atoms with Crippen molar-refractivity contribution in [1.29, 1.82) is 0 Å². The zero-order valence-corrected chi connectivity index (χ0v) is 10.8. The van der Waals surface area contributed by atoms with Gasteiger partial charge in [-0.3, -0.25) is 0 Å². The van der Waals surface area contributed by atoms with Crippen molar-refractivity contribution in [2.24, 2.45) is 11.7 Å². The van der Waals surface area contributed by atoms with Gasteiger partial charge in [0.15, 0.2) is 0 Å². The van der Waals surface area contributed by atoms with Gasteiger partial charge in [0, 0.05) is 10.5 Å². The number of hydrogen-bond donors (Lipinski definition) is 1. The molecule has 0 aromatic heterocycles. The maximum Gasteiger partial charge on any atom is 0.0548 e. The second-order valence-electron chi connectivity index (χ2n) is 3.91. The van der Waals surface area contributed by atoms with E-state index < -0.39 is 0 Å². The number of rotatable bonds is 3. The first kappa shape index (κ1) is 12.0. The first-order valence-electron chi connectivity index (χ1n) is 4.71. The van der Waals surface area contributed by atoms with Crippen LogP contribution in [0, 0.1) is 5.92 Å². The summed E-state index contributed by atoms with van der Waals surface area (Å²) < 4.78 is 0.913. The molecule has 0 radical (unpaired) electrons. The molecule has 0 aliphatic carbocycles. The molecule has 0 amide bonds. The minimum absolute atomic E-state index is 0.101. The second-order valence-corrected chi connectivity index (χ2v) is 5.17. The Morgan fingerprint density at radius 2 is 2.07 bits per heavy atom. The number of nitrogens with two attached hydrogens (primary N) is 1. The van der Waals surface area contributed by atoms with Crippen LogP contribution < -0.4 is 5.73 Å². The molecule has 0 unspecified atom stereocenters. The molecule has 14 heavy (non-hydrogen) atoms. The minimum atomic E-state index is 0.101. The standard InChI is InChI=1S/C11H15BrClN/c1-7(2)5-11(14)8-3-4-10(13)9(12)6-8/h3-4,6-7,11H,5,14H2,1-2H3/t11-/m1/s1. The Hall–Kier alpha value is -0.0500. The molecule has 0 aliphatic rings. The molecule has 3 heteroatoms. The van der Waals surface area contributed by atoms with Crippen molar-refractivity contribution in [1.82, 2.24) is 0 Å². The highest BCUT2D eigenvalue weighted by atomic mass is 79.9. The van der Waals surface area contributed by atoms with Crippen molar-refractivity contribution in [2.45, 2.75) is 26.3 Å². The van der Waals surface area contributed by atoms with Crippen LogP contribution in [0.2, 0.25) is 5.02 Å². The topological polar surface area (TPSA) is 26.0 Å². The predicted octanol–water partition coefficient (Wildman–Crippen LogP) is 4.15. The Morgan fingerprint density at radius 1 is 1.43 bits per heavy atom. The third-order valence-electron chi connectivity index (χ3n) is 2.10. The fourth-order valence-corrected chi connectivity index (χ4v) is 1.90. The molecule has 1 nitrogen and oxygen atoms in total. The van der Waals surface area contributed by atoms with Gasteiger partial charge in [-0.25, -0.2) is 0 Å². The highest BCUT2D eigenvalue weighted by Gasteiger charge is 2.09. The van der Waals surface area contributed by atoms with Gasteiger partial charge in [0.1, 0.15) is 0 Å². The summed E-state index contributed by atoms with van der Waals surface area (Å²) in [7, 11) is 0. The molecule has 1 rings (SSSR count). The molecule has 78 valence electrons. The average molecular weight is 277 g/mol. The molecule has 0 bridgehead atoms. The van der Waals surface area contributed by atoms with Gasteiger partial charge in [-0.2, -0.15) is 0 Å². The maximum absolute atomic E-state index is 6.05. The predicted molar refractivity (Wildman–Crippen MR) is 65.5 cm³/mol. The summed E-state index contributed by atoms with van der Waals surface area (Å²) in [5, 5.41) is 0.727. The Balaban J connectivity index is 2.80. The van der Waals surface area contributed by atoms with Gasteiger partial charge in [-0.1, -0.05) is 31.5 Å². The van der Waals surface area contributed by atoms with Gasteiger partial charge >= 0.3 is 0 Å². The second kappa shape index (κ2) is 5.15. The van der Waals surface area contributed by atoms with E-state index in [0.29, 0.717) is 5.92 Å². The molecule has 0 aliphatic heterocycles. The van der Waals surface area contributed by atoms with E-state index in [1.807, 2.05) is 18.2 Å². The third-order valence-corrected chi connectivity index (χ3v) is 3.31. The maximum atomic E-state index is 6.05. The first-order chi connectivity index (χ1) is 6.50. The highest BCUT2D eigenvalue weighted by molar-refractivity contribution is 9.10. The minimum Gasteiger partial charge on any atom is -0.324 e. The summed E-state index contributed by atoms with van der Waals surface area (Å²) in [6, 6.07) is 5.96. The molecule has 1 aromatic rings. The van der Waals surface area contributed by atoms with Crippen LogP contribution in [0.4, 0.5) is 0 Å². The SMILES string of the molecule is CC(C)C[C@@H](N)c1ccc(Cl)c(Br)c1. The van der Waals surface area contributed by atoms with E-state index in [1.54, 1.807) is 0 Å². The number of benzene rings is 1. The Morgan fingerprint density at radius 3 is 2.57 bits per heavy atom. The van der Waals surface area contributed by atoms with Gasteiger partial charge in [-0.15, -0.1) is 0 Å². The van der Waals surface area contributed by atoms with E-state index in [1.165, 1.54) is 0 Å². The molecular weight excluding hydrogens is 261 g/mol. The fraction of sp³-hybridized carbons (Fsp3) is 0.455. The van der Waals surface area contributed by atoms with Crippen molar-refractivity contribution < 1.29 is 0 Å². The van der Waals surface area contributed by atoms with Crippen LogP contribution in [0.1, 0.15) is 31.9 Å². The first-order valence-corrected chi connectivity index (χ1v) is 5.88. The summed E-state index contributed by atoms with van der Waals surface area (Å²) in [6.45, 7) is 4.34. The van der Waals surface area contributed by atoms with E-state index in [9.17, 15) is 0 Å². The fourth-order valence-electron chi connectivity index (χ4n) is 1.39. The van der Waals surface area contributed by atoms with Crippen molar-refractivity contribution in [3.8, 4) is 0 Å². The van der Waals surface area contributed by atoms with Crippen molar-refractivity contribution >= 4 is 27.5 Å². The zero-order chi connectivity index (χ0) is 10.7. The summed E-state index contributed by atoms with van der Waals surface area (Å²) in [4.78, 5) is 0. The molecule has 0 heterocycles. The zero-order valence-electron chi connectivity index (χ0n) is 8.43. The van der Waals surface area contributed by atoms with Crippen LogP contribution in [-0.2, 0) is 0 Å². The Kier molecular flexibility index (Phi) is 4.42. The van der Waals surface area contributed by atoms with E-state index in [-0.39, 0.29) is 6.04 Å². The van der Waals surface area contributed by atoms with Crippen LogP contribution in [-0.4, -0.2) is 0 Å². The monoisotopic (exact) mass is 275 g/mol. The van der Waals surface area contributed by atoms with Gasteiger partial charge in [-0.05, 0) is 46.0 Å². The van der Waals surface area contributed by atoms with Crippen LogP contribution in [0.3, 0.4) is 0 Å². The summed E-state index contributed by atoms with van der Waals surface area (Å²) in [5.41, 5.74) is 7.19.